The van der Waals surface area contributed by atoms with Gasteiger partial charge >= 0.3 is 18.0 Å². The molecular weight excluding hydrogens is 429 g/mol. The third-order valence-corrected chi connectivity index (χ3v) is 5.70. The van der Waals surface area contributed by atoms with Gasteiger partial charge in [0.1, 0.15) is 0 Å². The minimum Gasteiger partial charge on any atom is -0.381 e. The Morgan fingerprint density at radius 3 is 1.74 bits per heavy atom. The van der Waals surface area contributed by atoms with Gasteiger partial charge in [-0.05, 0) is 38.5 Å². The molecule has 0 radical (unpaired) electrons. The largest absolute Gasteiger partial charge is 0.459 e. The van der Waals surface area contributed by atoms with Crippen LogP contribution in [-0.4, -0.2) is 43.9 Å². The number of hydrogen-bond donors (Lipinski definition) is 0. The number of unbranched alkanes of at least 4 members (excludes halogenated alkanes) is 9. The number of halogens is 7. The first-order valence-electron chi connectivity index (χ1n) is 11.6. The van der Waals surface area contributed by atoms with Gasteiger partial charge in [-0.25, -0.2) is 0 Å². The third-order valence-electron chi connectivity index (χ3n) is 5.70. The Hall–Kier alpha value is -0.570. The molecule has 0 aromatic carbocycles. The molecule has 1 fully saturated rings. The maximum atomic E-state index is 13.1. The first-order chi connectivity index (χ1) is 14.6. The van der Waals surface area contributed by atoms with Crippen LogP contribution in [-0.2, 0) is 9.47 Å². The molecule has 0 N–H and O–H groups in total. The van der Waals surface area contributed by atoms with E-state index in [0.29, 0.717) is 12.5 Å². The van der Waals surface area contributed by atoms with Gasteiger partial charge in [-0.1, -0.05) is 51.4 Å². The molecule has 1 rings (SSSR count). The van der Waals surface area contributed by atoms with Gasteiger partial charge in [-0.2, -0.15) is 30.7 Å². The van der Waals surface area contributed by atoms with Crippen LogP contribution >= 0.6 is 0 Å². The van der Waals surface area contributed by atoms with Crippen LogP contribution in [0.5, 0.6) is 0 Å². The fourth-order valence-electron chi connectivity index (χ4n) is 3.68. The number of hydrogen-bond acceptors (Lipinski definition) is 2. The van der Waals surface area contributed by atoms with Crippen LogP contribution in [0.15, 0.2) is 0 Å². The maximum Gasteiger partial charge on any atom is 0.459 e. The average Bonchev–Trinajstić information content (AvgIpc) is 2.70. The van der Waals surface area contributed by atoms with E-state index in [1.807, 2.05) is 0 Å². The van der Waals surface area contributed by atoms with Crippen molar-refractivity contribution in [1.82, 2.24) is 0 Å². The monoisotopic (exact) mass is 466 g/mol. The SMILES string of the molecule is FC(F)(F)C(F)(F)C(F)(F)CCCCCCCCCCCCOCCC1CCCCO1. The van der Waals surface area contributed by atoms with Gasteiger partial charge in [0.05, 0.1) is 6.10 Å². The van der Waals surface area contributed by atoms with E-state index in [2.05, 4.69) is 0 Å². The van der Waals surface area contributed by atoms with Crippen LogP contribution in [0.1, 0.15) is 96.3 Å². The molecule has 1 saturated heterocycles. The zero-order valence-electron chi connectivity index (χ0n) is 18.3. The summed E-state index contributed by atoms with van der Waals surface area (Å²) in [6, 6.07) is 0. The van der Waals surface area contributed by atoms with E-state index in [1.165, 1.54) is 6.42 Å². The highest BCUT2D eigenvalue weighted by atomic mass is 19.4. The molecule has 0 aromatic rings. The molecule has 0 bridgehead atoms. The topological polar surface area (TPSA) is 18.5 Å². The Bertz CT molecular complexity index is 450. The summed E-state index contributed by atoms with van der Waals surface area (Å²) in [4.78, 5) is 0. The van der Waals surface area contributed by atoms with E-state index >= 15 is 0 Å². The smallest absolute Gasteiger partial charge is 0.381 e. The van der Waals surface area contributed by atoms with Gasteiger partial charge in [0.2, 0.25) is 0 Å². The van der Waals surface area contributed by atoms with Crippen LogP contribution in [0.3, 0.4) is 0 Å². The van der Waals surface area contributed by atoms with E-state index in [1.54, 1.807) is 0 Å². The molecule has 1 heterocycles. The lowest BCUT2D eigenvalue weighted by Crippen LogP contribution is -2.51. The molecule has 1 unspecified atom stereocenters. The Morgan fingerprint density at radius 1 is 0.677 bits per heavy atom. The lowest BCUT2D eigenvalue weighted by Gasteiger charge is -2.28. The summed E-state index contributed by atoms with van der Waals surface area (Å²) >= 11 is 0. The maximum absolute atomic E-state index is 13.1. The molecule has 1 aliphatic rings. The Balaban J connectivity index is 1.86. The molecule has 1 atom stereocenters. The lowest BCUT2D eigenvalue weighted by molar-refractivity contribution is -0.355. The Kier molecular flexibility index (Phi) is 13.4. The van der Waals surface area contributed by atoms with Crippen molar-refractivity contribution in [3.63, 3.8) is 0 Å². The second-order valence-electron chi connectivity index (χ2n) is 8.45. The summed E-state index contributed by atoms with van der Waals surface area (Å²) in [6.45, 7) is 2.36. The molecule has 0 aliphatic carbocycles. The molecule has 0 aromatic heterocycles. The van der Waals surface area contributed by atoms with Crippen LogP contribution in [0, 0.1) is 0 Å². The van der Waals surface area contributed by atoms with Crippen molar-refractivity contribution in [2.45, 2.75) is 120 Å². The highest BCUT2D eigenvalue weighted by molar-refractivity contribution is 4.90. The molecule has 2 nitrogen and oxygen atoms in total. The van der Waals surface area contributed by atoms with Crippen molar-refractivity contribution < 1.29 is 40.2 Å². The van der Waals surface area contributed by atoms with Crippen molar-refractivity contribution in [3.8, 4) is 0 Å². The second kappa shape index (κ2) is 14.6. The summed E-state index contributed by atoms with van der Waals surface area (Å²) < 4.78 is 99.2. The van der Waals surface area contributed by atoms with Gasteiger partial charge in [-0.3, -0.25) is 0 Å². The van der Waals surface area contributed by atoms with Crippen LogP contribution in [0.4, 0.5) is 30.7 Å². The molecule has 9 heteroatoms. The minimum atomic E-state index is -6.23. The van der Waals surface area contributed by atoms with E-state index in [9.17, 15) is 30.7 Å². The standard InChI is InChI=1S/C22H37F7O2/c23-20(24,21(25,26)22(27,28)29)15-10-7-5-3-1-2-4-6-8-11-16-30-18-14-19-13-9-12-17-31-19/h19H,1-18H2. The van der Waals surface area contributed by atoms with Crippen molar-refractivity contribution >= 4 is 0 Å². The lowest BCUT2D eigenvalue weighted by atomic mass is 10.0. The molecule has 0 spiro atoms. The van der Waals surface area contributed by atoms with Gasteiger partial charge in [-0.15, -0.1) is 0 Å². The van der Waals surface area contributed by atoms with Gasteiger partial charge < -0.3 is 9.47 Å². The van der Waals surface area contributed by atoms with E-state index < -0.39 is 24.4 Å². The first kappa shape index (κ1) is 28.5. The van der Waals surface area contributed by atoms with Crippen molar-refractivity contribution in [2.24, 2.45) is 0 Å². The fourth-order valence-corrected chi connectivity index (χ4v) is 3.68. The van der Waals surface area contributed by atoms with Gasteiger partial charge in [0, 0.05) is 26.2 Å². The molecule has 0 amide bonds. The number of rotatable bonds is 17. The average molecular weight is 467 g/mol. The summed E-state index contributed by atoms with van der Waals surface area (Å²) in [6.07, 6.45) is 4.54. The number of ether oxygens (including phenoxy) is 2. The minimum absolute atomic E-state index is 0.229. The molecule has 0 saturated carbocycles. The van der Waals surface area contributed by atoms with Crippen LogP contribution in [0.2, 0.25) is 0 Å². The normalized spacial score (nSPS) is 18.5. The molecule has 31 heavy (non-hydrogen) atoms. The first-order valence-corrected chi connectivity index (χ1v) is 11.6. The molecule has 186 valence electrons. The van der Waals surface area contributed by atoms with Crippen LogP contribution < -0.4 is 0 Å². The predicted octanol–water partition coefficient (Wildman–Crippen LogP) is 8.09. The summed E-state index contributed by atoms with van der Waals surface area (Å²) in [7, 11) is 0. The quantitative estimate of drug-likeness (QED) is 0.159. The van der Waals surface area contributed by atoms with E-state index in [-0.39, 0.29) is 12.8 Å². The Morgan fingerprint density at radius 2 is 1.23 bits per heavy atom. The van der Waals surface area contributed by atoms with Crippen LogP contribution in [0.25, 0.3) is 0 Å². The zero-order chi connectivity index (χ0) is 23.2. The van der Waals surface area contributed by atoms with Crippen molar-refractivity contribution in [2.75, 3.05) is 19.8 Å². The summed E-state index contributed by atoms with van der Waals surface area (Å²) in [5, 5.41) is 0. The molecule has 1 aliphatic heterocycles. The van der Waals surface area contributed by atoms with Crippen molar-refractivity contribution in [1.29, 1.82) is 0 Å². The van der Waals surface area contributed by atoms with E-state index in [0.717, 1.165) is 84.0 Å². The van der Waals surface area contributed by atoms with E-state index in [4.69, 9.17) is 9.47 Å². The highest BCUT2D eigenvalue weighted by Gasteiger charge is 2.72. The highest BCUT2D eigenvalue weighted by Crippen LogP contribution is 2.48. The zero-order valence-corrected chi connectivity index (χ0v) is 18.3. The predicted molar refractivity (Wildman–Crippen MR) is 106 cm³/mol. The van der Waals surface area contributed by atoms with Crippen molar-refractivity contribution in [3.05, 3.63) is 0 Å². The summed E-state index contributed by atoms with van der Waals surface area (Å²) in [5.41, 5.74) is 0. The number of alkyl halides is 7. The second-order valence-corrected chi connectivity index (χ2v) is 8.45. The Labute approximate surface area is 181 Å². The summed E-state index contributed by atoms with van der Waals surface area (Å²) in [5.74, 6) is -11.0. The fraction of sp³-hybridized carbons (Fsp3) is 1.00. The molecular formula is C22H37F7O2. The van der Waals surface area contributed by atoms with Gasteiger partial charge in [0.15, 0.2) is 0 Å². The third kappa shape index (κ3) is 11.2. The van der Waals surface area contributed by atoms with Gasteiger partial charge in [0.25, 0.3) is 0 Å².